The minimum Gasteiger partial charge on any atom is -0.462 e. The number of amides is 1. The lowest BCUT2D eigenvalue weighted by molar-refractivity contribution is -0.131. The van der Waals surface area contributed by atoms with Crippen LogP contribution in [0.15, 0.2) is 55.0 Å². The van der Waals surface area contributed by atoms with Crippen LogP contribution in [-0.4, -0.2) is 90.1 Å². The van der Waals surface area contributed by atoms with Crippen LogP contribution in [0.25, 0.3) is 37.8 Å². The van der Waals surface area contributed by atoms with Crippen molar-refractivity contribution in [3.63, 3.8) is 0 Å². The Bertz CT molecular complexity index is 1720. The highest BCUT2D eigenvalue weighted by Gasteiger charge is 2.35. The molecular formula is C30H28ClF2N7O2. The Labute approximate surface area is 246 Å². The average Bonchev–Trinajstić information content (AvgIpc) is 2.97. The van der Waals surface area contributed by atoms with E-state index >= 15 is 4.39 Å². The molecule has 1 aliphatic heterocycles. The van der Waals surface area contributed by atoms with E-state index in [0.29, 0.717) is 33.7 Å². The second kappa shape index (κ2) is 12.2. The molecule has 1 fully saturated rings. The largest absolute Gasteiger partial charge is 0.462 e. The monoisotopic (exact) mass is 591 g/mol. The molecule has 2 aromatic carbocycles. The van der Waals surface area contributed by atoms with Crippen LogP contribution in [0.4, 0.5) is 14.6 Å². The van der Waals surface area contributed by atoms with Gasteiger partial charge in [0, 0.05) is 48.3 Å². The number of hydrogen-bond acceptors (Lipinski definition) is 7. The molecule has 12 heteroatoms. The minimum absolute atomic E-state index is 0.00582. The molecule has 0 saturated carbocycles. The number of pyridine rings is 1. The topological polar surface area (TPSA) is 79.1 Å². The smallest absolute Gasteiger partial charge is 0.319 e. The maximum Gasteiger partial charge on any atom is 0.319 e. The molecular weight excluding hydrogens is 564 g/mol. The van der Waals surface area contributed by atoms with E-state index in [-0.39, 0.29) is 50.0 Å². The summed E-state index contributed by atoms with van der Waals surface area (Å²) < 4.78 is 36.0. The normalized spacial score (nSPS) is 15.3. The van der Waals surface area contributed by atoms with Crippen molar-refractivity contribution >= 4 is 45.0 Å². The zero-order valence-electron chi connectivity index (χ0n) is 23.1. The first-order valence-corrected chi connectivity index (χ1v) is 13.6. The van der Waals surface area contributed by atoms with Crippen LogP contribution in [0.3, 0.4) is 0 Å². The van der Waals surface area contributed by atoms with Crippen molar-refractivity contribution in [1.29, 1.82) is 0 Å². The van der Waals surface area contributed by atoms with Gasteiger partial charge in [-0.05, 0) is 25.5 Å². The van der Waals surface area contributed by atoms with Crippen LogP contribution in [0.5, 0.6) is 6.01 Å². The van der Waals surface area contributed by atoms with Gasteiger partial charge in [-0.1, -0.05) is 48.5 Å². The fourth-order valence-corrected chi connectivity index (χ4v) is 5.34. The summed E-state index contributed by atoms with van der Waals surface area (Å²) in [6.45, 7) is 11.8. The molecule has 0 radical (unpaired) electrons. The van der Waals surface area contributed by atoms with Gasteiger partial charge in [0.15, 0.2) is 11.6 Å². The summed E-state index contributed by atoms with van der Waals surface area (Å²) >= 11 is 6.53. The molecule has 42 heavy (non-hydrogen) atoms. The van der Waals surface area contributed by atoms with Crippen molar-refractivity contribution in [3.8, 4) is 17.3 Å². The molecule has 3 heterocycles. The Morgan fingerprint density at radius 1 is 1.24 bits per heavy atom. The predicted octanol–water partition coefficient (Wildman–Crippen LogP) is 5.00. The third kappa shape index (κ3) is 5.68. The molecule has 4 aromatic rings. The molecule has 1 aliphatic rings. The number of ether oxygens (including phenoxy) is 1. The average molecular weight is 592 g/mol. The lowest BCUT2D eigenvalue weighted by atomic mass is 10.0. The van der Waals surface area contributed by atoms with Crippen molar-refractivity contribution in [2.45, 2.75) is 6.04 Å². The molecule has 2 aromatic heterocycles. The molecule has 9 nitrogen and oxygen atoms in total. The number of carbonyl (C=O) groups is 1. The van der Waals surface area contributed by atoms with Crippen molar-refractivity contribution in [3.05, 3.63) is 77.3 Å². The van der Waals surface area contributed by atoms with E-state index in [1.807, 2.05) is 48.2 Å². The Hall–Kier alpha value is -4.40. The minimum atomic E-state index is -1.09. The molecule has 1 amide bonds. The first-order valence-electron chi connectivity index (χ1n) is 13.2. The molecule has 216 valence electrons. The lowest BCUT2D eigenvalue weighted by Gasteiger charge is -2.39. The molecule has 1 saturated heterocycles. The van der Waals surface area contributed by atoms with Gasteiger partial charge >= 0.3 is 6.01 Å². The summed E-state index contributed by atoms with van der Waals surface area (Å²) in [4.78, 5) is 34.4. The number of benzene rings is 2. The van der Waals surface area contributed by atoms with E-state index in [1.54, 1.807) is 12.1 Å². The zero-order valence-corrected chi connectivity index (χ0v) is 23.9. The molecule has 0 N–H and O–H groups in total. The highest BCUT2D eigenvalue weighted by molar-refractivity contribution is 6.36. The third-order valence-corrected chi connectivity index (χ3v) is 7.41. The van der Waals surface area contributed by atoms with Gasteiger partial charge in [-0.2, -0.15) is 9.97 Å². The predicted molar refractivity (Wildman–Crippen MR) is 159 cm³/mol. The number of nitrogens with zero attached hydrogens (tertiary/aromatic N) is 7. The Balaban J connectivity index is 1.63. The van der Waals surface area contributed by atoms with E-state index in [0.717, 1.165) is 5.39 Å². The number of carbonyl (C=O) groups excluding carboxylic acids is 1. The maximum absolute atomic E-state index is 16.4. The quantitative estimate of drug-likeness (QED) is 0.211. The van der Waals surface area contributed by atoms with Crippen LogP contribution in [-0.2, 0) is 4.79 Å². The van der Waals surface area contributed by atoms with Crippen molar-refractivity contribution in [2.75, 3.05) is 58.3 Å². The Morgan fingerprint density at radius 2 is 2.00 bits per heavy atom. The Morgan fingerprint density at radius 3 is 2.71 bits per heavy atom. The molecule has 0 unspecified atom stereocenters. The number of likely N-dealkylation sites (N-methyl/N-ethyl adjacent to an activating group) is 1. The van der Waals surface area contributed by atoms with Gasteiger partial charge in [0.25, 0.3) is 5.91 Å². The highest BCUT2D eigenvalue weighted by atomic mass is 35.5. The summed E-state index contributed by atoms with van der Waals surface area (Å²) in [7, 11) is 3.79. The lowest BCUT2D eigenvalue weighted by Crippen LogP contribution is -2.56. The zero-order chi connectivity index (χ0) is 30.0. The van der Waals surface area contributed by atoms with Gasteiger partial charge in [-0.3, -0.25) is 9.78 Å². The number of halogens is 3. The van der Waals surface area contributed by atoms with Crippen molar-refractivity contribution < 1.29 is 18.3 Å². The fourth-order valence-electron chi connectivity index (χ4n) is 5.06. The maximum atomic E-state index is 16.4. The van der Waals surface area contributed by atoms with E-state index in [4.69, 9.17) is 22.9 Å². The summed E-state index contributed by atoms with van der Waals surface area (Å²) in [5.74, 6) is -2.26. The van der Waals surface area contributed by atoms with Crippen LogP contribution in [0.2, 0.25) is 5.02 Å². The molecule has 1 atom stereocenters. The molecule has 0 aliphatic carbocycles. The van der Waals surface area contributed by atoms with Gasteiger partial charge in [0.2, 0.25) is 6.54 Å². The molecule has 0 bridgehead atoms. The SMILES string of the molecule is [C-]#[N+]C[C@H]1CN(c2nc(OCCN(C)C)nc3c(F)c(-c4cccc5cccc(Cl)c45)ncc23)CCN1C(=O)C(=C)F. The molecule has 5 rings (SSSR count). The van der Waals surface area contributed by atoms with E-state index in [2.05, 4.69) is 26.4 Å². The van der Waals surface area contributed by atoms with Crippen molar-refractivity contribution in [1.82, 2.24) is 24.8 Å². The number of piperazine rings is 1. The number of rotatable bonds is 8. The number of anilines is 1. The first kappa shape index (κ1) is 29.1. The second-order valence-electron chi connectivity index (χ2n) is 10.2. The van der Waals surface area contributed by atoms with E-state index in [9.17, 15) is 9.18 Å². The summed E-state index contributed by atoms with van der Waals surface area (Å²) in [6, 6.07) is 10.3. The van der Waals surface area contributed by atoms with Gasteiger partial charge < -0.3 is 24.3 Å². The van der Waals surface area contributed by atoms with Gasteiger partial charge in [-0.15, -0.1) is 0 Å². The van der Waals surface area contributed by atoms with Crippen LogP contribution < -0.4 is 9.64 Å². The Kier molecular flexibility index (Phi) is 8.47. The van der Waals surface area contributed by atoms with Crippen LogP contribution in [0.1, 0.15) is 0 Å². The van der Waals surface area contributed by atoms with E-state index < -0.39 is 23.6 Å². The highest BCUT2D eigenvalue weighted by Crippen LogP contribution is 2.37. The van der Waals surface area contributed by atoms with Crippen LogP contribution in [0, 0.1) is 12.4 Å². The van der Waals surface area contributed by atoms with E-state index in [1.165, 1.54) is 11.1 Å². The summed E-state index contributed by atoms with van der Waals surface area (Å²) in [5.41, 5.74) is 0.600. The summed E-state index contributed by atoms with van der Waals surface area (Å²) in [5, 5.41) is 2.31. The second-order valence-corrected chi connectivity index (χ2v) is 10.6. The fraction of sp³-hybridized carbons (Fsp3) is 0.300. The third-order valence-electron chi connectivity index (χ3n) is 7.10. The van der Waals surface area contributed by atoms with Gasteiger partial charge in [0.05, 0.1) is 5.39 Å². The first-order chi connectivity index (χ1) is 20.2. The molecule has 0 spiro atoms. The summed E-state index contributed by atoms with van der Waals surface area (Å²) in [6.07, 6.45) is 1.51. The number of aromatic nitrogens is 3. The standard InChI is InChI=1S/C30H28ClF2N7O2/c1-18(32)29(41)40-12-11-39(17-20(40)15-34-2)28-22-16-35-26(21-9-5-7-19-8-6-10-23(31)24(19)21)25(33)27(22)36-30(37-28)42-14-13-38(3)4/h5-10,16,20H,1,11-15,17H2,3-4H3/t20-/m0/s1. The number of hydrogen-bond donors (Lipinski definition) is 0. The van der Waals surface area contributed by atoms with Gasteiger partial charge in [-0.25, -0.2) is 15.4 Å². The van der Waals surface area contributed by atoms with Gasteiger partial charge in [0.1, 0.15) is 29.7 Å². The van der Waals surface area contributed by atoms with Crippen molar-refractivity contribution in [2.24, 2.45) is 0 Å². The van der Waals surface area contributed by atoms with Crippen LogP contribution >= 0.6 is 11.6 Å². The number of fused-ring (bicyclic) bond motifs is 2.